The van der Waals surface area contributed by atoms with Crippen LogP contribution in [0.2, 0.25) is 0 Å². The summed E-state index contributed by atoms with van der Waals surface area (Å²) >= 11 is 0. The molecule has 0 aliphatic rings. The van der Waals surface area contributed by atoms with E-state index in [2.05, 4.69) is 24.5 Å². The summed E-state index contributed by atoms with van der Waals surface area (Å²) < 4.78 is 14.6. The van der Waals surface area contributed by atoms with Gasteiger partial charge in [0.25, 0.3) is 0 Å². The van der Waals surface area contributed by atoms with Crippen LogP contribution >= 0.6 is 0 Å². The molecule has 0 aliphatic heterocycles. The highest BCUT2D eigenvalue weighted by molar-refractivity contribution is 5.08. The first-order chi connectivity index (χ1) is 8.43. The Balaban J connectivity index is 0. The van der Waals surface area contributed by atoms with Crippen LogP contribution in [-0.4, -0.2) is 13.7 Å². The third-order valence-corrected chi connectivity index (χ3v) is 1.34. The van der Waals surface area contributed by atoms with Gasteiger partial charge in [-0.25, -0.2) is 0 Å². The molecule has 0 fully saturated rings. The predicted molar refractivity (Wildman–Crippen MR) is 76.8 cm³/mol. The minimum absolute atomic E-state index is 0.591. The Kier molecular flexibility index (Phi) is 13.5. The Morgan fingerprint density at radius 3 is 2.00 bits per heavy atom. The van der Waals surface area contributed by atoms with Crippen molar-refractivity contribution in [2.24, 2.45) is 0 Å². The summed E-state index contributed by atoms with van der Waals surface area (Å²) in [4.78, 5) is 0. The van der Waals surface area contributed by atoms with Gasteiger partial charge in [0.15, 0.2) is 0 Å². The summed E-state index contributed by atoms with van der Waals surface area (Å²) in [6, 6.07) is 0. The van der Waals surface area contributed by atoms with Crippen molar-refractivity contribution in [1.82, 2.24) is 0 Å². The summed E-state index contributed by atoms with van der Waals surface area (Å²) in [6.45, 7) is 17.0. The Bertz CT molecular complexity index is 312. The lowest BCUT2D eigenvalue weighted by Crippen LogP contribution is -1.85. The normalized spacial score (nSPS) is 9.56. The van der Waals surface area contributed by atoms with Gasteiger partial charge in [-0.2, -0.15) is 0 Å². The maximum atomic E-state index is 5.03. The van der Waals surface area contributed by atoms with Crippen LogP contribution in [0.1, 0.15) is 20.8 Å². The zero-order valence-corrected chi connectivity index (χ0v) is 11.9. The average molecular weight is 252 g/mol. The highest BCUT2D eigenvalue weighted by atomic mass is 16.5. The second-order valence-corrected chi connectivity index (χ2v) is 3.41. The van der Waals surface area contributed by atoms with Crippen LogP contribution < -0.4 is 0 Å². The van der Waals surface area contributed by atoms with Gasteiger partial charge in [0.2, 0.25) is 0 Å². The van der Waals surface area contributed by atoms with Crippen LogP contribution in [0.4, 0.5) is 0 Å². The zero-order valence-electron chi connectivity index (χ0n) is 11.9. The van der Waals surface area contributed by atoms with Gasteiger partial charge in [-0.15, -0.1) is 0 Å². The molecule has 0 N–H and O–H groups in total. The van der Waals surface area contributed by atoms with Crippen LogP contribution in [-0.2, 0) is 14.2 Å². The fourth-order valence-corrected chi connectivity index (χ4v) is 0.644. The van der Waals surface area contributed by atoms with E-state index >= 15 is 0 Å². The molecule has 0 bridgehead atoms. The molecule has 0 spiro atoms. The molecule has 0 saturated heterocycles. The Morgan fingerprint density at radius 1 is 1.06 bits per heavy atom. The molecule has 0 heterocycles. The lowest BCUT2D eigenvalue weighted by atomic mass is 10.4. The molecule has 0 aromatic carbocycles. The number of hydrogen-bond acceptors (Lipinski definition) is 3. The molecule has 0 aliphatic carbocycles. The maximum Gasteiger partial charge on any atom is 0.115 e. The first-order valence-electron chi connectivity index (χ1n) is 5.59. The largest absolute Gasteiger partial charge is 0.504 e. The summed E-state index contributed by atoms with van der Waals surface area (Å²) in [5.74, 6) is 1.24. The van der Waals surface area contributed by atoms with Crippen molar-refractivity contribution in [2.75, 3.05) is 13.7 Å². The van der Waals surface area contributed by atoms with Gasteiger partial charge in [0.05, 0.1) is 32.0 Å². The molecule has 0 aromatic heterocycles. The van der Waals surface area contributed by atoms with Gasteiger partial charge in [-0.05, 0) is 26.8 Å². The number of allylic oxidation sites excluding steroid dienone is 4. The van der Waals surface area contributed by atoms with Crippen LogP contribution in [0, 0.1) is 0 Å². The molecular formula is C15H24O3. The third-order valence-electron chi connectivity index (χ3n) is 1.34. The Hall–Kier alpha value is -1.90. The van der Waals surface area contributed by atoms with Crippen molar-refractivity contribution >= 4 is 0 Å². The van der Waals surface area contributed by atoms with Crippen LogP contribution in [0.15, 0.2) is 61.5 Å². The van der Waals surface area contributed by atoms with Crippen molar-refractivity contribution in [3.8, 4) is 0 Å². The second kappa shape index (κ2) is 13.2. The van der Waals surface area contributed by atoms with E-state index in [9.17, 15) is 0 Å². The minimum atomic E-state index is 0.591. The van der Waals surface area contributed by atoms with E-state index in [1.165, 1.54) is 6.26 Å². The lowest BCUT2D eigenvalue weighted by molar-refractivity contribution is 0.241. The molecule has 0 amide bonds. The second-order valence-electron chi connectivity index (χ2n) is 3.41. The van der Waals surface area contributed by atoms with Crippen LogP contribution in [0.3, 0.4) is 0 Å². The summed E-state index contributed by atoms with van der Waals surface area (Å²) in [5, 5.41) is 0. The molecule has 102 valence electrons. The summed E-state index contributed by atoms with van der Waals surface area (Å²) in [7, 11) is 1.61. The lowest BCUT2D eigenvalue weighted by Gasteiger charge is -2.00. The molecule has 18 heavy (non-hydrogen) atoms. The average Bonchev–Trinajstić information content (AvgIpc) is 2.27. The van der Waals surface area contributed by atoms with E-state index in [0.29, 0.717) is 18.1 Å². The zero-order chi connectivity index (χ0) is 14.4. The van der Waals surface area contributed by atoms with Crippen LogP contribution in [0.5, 0.6) is 0 Å². The summed E-state index contributed by atoms with van der Waals surface area (Å²) in [6.07, 6.45) is 6.56. The number of ether oxygens (including phenoxy) is 3. The van der Waals surface area contributed by atoms with Gasteiger partial charge in [0, 0.05) is 6.08 Å². The Labute approximate surface area is 111 Å². The van der Waals surface area contributed by atoms with E-state index in [4.69, 9.17) is 9.47 Å². The highest BCUT2D eigenvalue weighted by Crippen LogP contribution is 1.97. The molecule has 3 heteroatoms. The van der Waals surface area contributed by atoms with Gasteiger partial charge >= 0.3 is 0 Å². The quantitative estimate of drug-likeness (QED) is 0.499. The maximum absolute atomic E-state index is 5.03. The fourth-order valence-electron chi connectivity index (χ4n) is 0.644. The molecular weight excluding hydrogens is 228 g/mol. The first kappa shape index (κ1) is 18.5. The fraction of sp³-hybridized carbons (Fsp3) is 0.333. The molecule has 0 saturated carbocycles. The molecule has 0 rings (SSSR count). The highest BCUT2D eigenvalue weighted by Gasteiger charge is 1.84. The van der Waals surface area contributed by atoms with E-state index < -0.39 is 0 Å². The van der Waals surface area contributed by atoms with Gasteiger partial charge < -0.3 is 14.2 Å². The van der Waals surface area contributed by atoms with Crippen LogP contribution in [0.25, 0.3) is 0 Å². The number of hydrogen-bond donors (Lipinski definition) is 0. The minimum Gasteiger partial charge on any atom is -0.504 e. The molecule has 3 nitrogen and oxygen atoms in total. The van der Waals surface area contributed by atoms with E-state index in [0.717, 1.165) is 5.57 Å². The van der Waals surface area contributed by atoms with Crippen molar-refractivity contribution in [2.45, 2.75) is 20.8 Å². The number of rotatable bonds is 7. The van der Waals surface area contributed by atoms with E-state index in [-0.39, 0.29) is 0 Å². The monoisotopic (exact) mass is 252 g/mol. The molecule has 0 radical (unpaired) electrons. The first-order valence-corrected chi connectivity index (χ1v) is 5.59. The van der Waals surface area contributed by atoms with Gasteiger partial charge in [-0.1, -0.05) is 25.3 Å². The van der Waals surface area contributed by atoms with E-state index in [1.807, 2.05) is 13.8 Å². The predicted octanol–water partition coefficient (Wildman–Crippen LogP) is 4.32. The summed E-state index contributed by atoms with van der Waals surface area (Å²) in [5.41, 5.74) is 1.00. The van der Waals surface area contributed by atoms with Crippen molar-refractivity contribution in [3.05, 3.63) is 61.5 Å². The standard InChI is InChI=1S/C9H14O2.C6H10O/c1-5-10-9(4)6-7-11-8(2)3;1-6(2)4-5-7-3/h6-7H,2,4-5H2,1,3H3;4-5H,1H2,2-3H3/b7-6+;5-4+. The topological polar surface area (TPSA) is 27.7 Å². The SMILES string of the molecule is C=C(C)/C=C/OC.C=C(C)O/C=C/C(=C)OCC. The molecule has 0 unspecified atom stereocenters. The number of methoxy groups -OCH3 is 1. The third kappa shape index (κ3) is 19.6. The van der Waals surface area contributed by atoms with Crippen molar-refractivity contribution in [1.29, 1.82) is 0 Å². The van der Waals surface area contributed by atoms with Crippen molar-refractivity contribution in [3.63, 3.8) is 0 Å². The Morgan fingerprint density at radius 2 is 1.67 bits per heavy atom. The van der Waals surface area contributed by atoms with Gasteiger partial charge in [0.1, 0.15) is 5.76 Å². The van der Waals surface area contributed by atoms with E-state index in [1.54, 1.807) is 32.4 Å². The van der Waals surface area contributed by atoms with Gasteiger partial charge in [-0.3, -0.25) is 0 Å². The van der Waals surface area contributed by atoms with Crippen molar-refractivity contribution < 1.29 is 14.2 Å². The molecule has 0 aromatic rings. The smallest absolute Gasteiger partial charge is 0.115 e. The molecule has 0 atom stereocenters.